The lowest BCUT2D eigenvalue weighted by Gasteiger charge is -2.09. The first kappa shape index (κ1) is 18.4. The number of rotatable bonds is 4. The van der Waals surface area contributed by atoms with Gasteiger partial charge in [-0.25, -0.2) is 0 Å². The fourth-order valence-electron chi connectivity index (χ4n) is 1.79. The van der Waals surface area contributed by atoms with Gasteiger partial charge in [-0.3, -0.25) is 20.2 Å². The third-order valence-electron chi connectivity index (χ3n) is 2.97. The summed E-state index contributed by atoms with van der Waals surface area (Å²) in [6, 6.07) is 10.3. The van der Waals surface area contributed by atoms with Gasteiger partial charge in [0.2, 0.25) is 5.91 Å². The number of nitrogens with zero attached hydrogens (tertiary/aromatic N) is 1. The maximum Gasteiger partial charge on any atom is 0.271 e. The van der Waals surface area contributed by atoms with Gasteiger partial charge in [-0.2, -0.15) is 0 Å². The molecule has 2 aromatic carbocycles. The van der Waals surface area contributed by atoms with Crippen LogP contribution in [0.1, 0.15) is 5.56 Å². The number of nitro benzene ring substituents is 1. The molecule has 2 aromatic rings. The van der Waals surface area contributed by atoms with Gasteiger partial charge in [0.1, 0.15) is 5.75 Å². The van der Waals surface area contributed by atoms with Gasteiger partial charge in [0.15, 0.2) is 5.11 Å². The zero-order valence-electron chi connectivity index (χ0n) is 12.6. The van der Waals surface area contributed by atoms with Crippen LogP contribution in [0.2, 0.25) is 5.02 Å². The van der Waals surface area contributed by atoms with E-state index in [9.17, 15) is 20.0 Å². The number of carbonyl (C=O) groups is 1. The smallest absolute Gasteiger partial charge is 0.271 e. The molecule has 0 bridgehead atoms. The Morgan fingerprint density at radius 2 is 1.92 bits per heavy atom. The predicted octanol–water partition coefficient (Wildman–Crippen LogP) is 3.48. The van der Waals surface area contributed by atoms with Crippen molar-refractivity contribution in [2.75, 3.05) is 5.32 Å². The second-order valence-electron chi connectivity index (χ2n) is 4.79. The Labute approximate surface area is 153 Å². The number of non-ortho nitro benzene ring substituents is 1. The molecule has 0 saturated carbocycles. The summed E-state index contributed by atoms with van der Waals surface area (Å²) in [6.45, 7) is 0. The number of phenols is 1. The van der Waals surface area contributed by atoms with Gasteiger partial charge < -0.3 is 10.4 Å². The number of carbonyl (C=O) groups excluding carboxylic acids is 1. The van der Waals surface area contributed by atoms with E-state index in [1.165, 1.54) is 6.08 Å². The predicted molar refractivity (Wildman–Crippen MR) is 99.6 cm³/mol. The van der Waals surface area contributed by atoms with E-state index >= 15 is 0 Å². The highest BCUT2D eigenvalue weighted by molar-refractivity contribution is 7.80. The first-order chi connectivity index (χ1) is 11.8. The van der Waals surface area contributed by atoms with Crippen LogP contribution in [0.25, 0.3) is 6.08 Å². The topological polar surface area (TPSA) is 104 Å². The van der Waals surface area contributed by atoms with Crippen LogP contribution in [0, 0.1) is 10.1 Å². The average molecular weight is 378 g/mol. The highest BCUT2D eigenvalue weighted by Gasteiger charge is 2.11. The standard InChI is InChI=1S/C16H12ClN3O4S/c17-11-4-1-10(2-5-11)3-8-15(22)19-16(25)18-13-9-12(20(23)24)6-7-14(13)21/h1-9,21H,(H2,18,19,22,25). The molecule has 0 atom stereocenters. The fourth-order valence-corrected chi connectivity index (χ4v) is 2.13. The summed E-state index contributed by atoms with van der Waals surface area (Å²) in [5, 5.41) is 25.8. The molecule has 0 saturated heterocycles. The molecular formula is C16H12ClN3O4S. The lowest BCUT2D eigenvalue weighted by Crippen LogP contribution is -2.32. The first-order valence-electron chi connectivity index (χ1n) is 6.88. The van der Waals surface area contributed by atoms with Crippen molar-refractivity contribution >= 4 is 52.3 Å². The normalized spacial score (nSPS) is 10.4. The van der Waals surface area contributed by atoms with Crippen LogP contribution in [0.3, 0.4) is 0 Å². The van der Waals surface area contributed by atoms with Crippen LogP contribution in [0.15, 0.2) is 48.5 Å². The van der Waals surface area contributed by atoms with Crippen LogP contribution in [-0.2, 0) is 4.79 Å². The summed E-state index contributed by atoms with van der Waals surface area (Å²) in [5.74, 6) is -0.740. The lowest BCUT2D eigenvalue weighted by atomic mass is 10.2. The third-order valence-corrected chi connectivity index (χ3v) is 3.43. The number of aromatic hydroxyl groups is 1. The molecule has 128 valence electrons. The quantitative estimate of drug-likeness (QED) is 0.248. The highest BCUT2D eigenvalue weighted by Crippen LogP contribution is 2.27. The van der Waals surface area contributed by atoms with Gasteiger partial charge in [-0.05, 0) is 42.1 Å². The Hall–Kier alpha value is -2.97. The number of nitro groups is 1. The van der Waals surface area contributed by atoms with Gasteiger partial charge in [-0.1, -0.05) is 23.7 Å². The minimum absolute atomic E-state index is 0.0150. The van der Waals surface area contributed by atoms with Crippen molar-refractivity contribution in [2.45, 2.75) is 0 Å². The summed E-state index contributed by atoms with van der Waals surface area (Å²) >= 11 is 10.7. The average Bonchev–Trinajstić information content (AvgIpc) is 2.56. The van der Waals surface area contributed by atoms with Crippen LogP contribution in [0.4, 0.5) is 11.4 Å². The third kappa shape index (κ3) is 5.55. The van der Waals surface area contributed by atoms with Crippen LogP contribution in [0.5, 0.6) is 5.75 Å². The molecule has 9 heteroatoms. The van der Waals surface area contributed by atoms with Crippen molar-refractivity contribution < 1.29 is 14.8 Å². The number of halogens is 1. The van der Waals surface area contributed by atoms with Crippen LogP contribution < -0.4 is 10.6 Å². The van der Waals surface area contributed by atoms with Gasteiger partial charge in [0, 0.05) is 23.2 Å². The molecule has 0 aliphatic carbocycles. The summed E-state index contributed by atoms with van der Waals surface area (Å²) in [7, 11) is 0. The number of nitrogens with one attached hydrogen (secondary N) is 2. The van der Waals surface area contributed by atoms with E-state index in [1.807, 2.05) is 0 Å². The van der Waals surface area contributed by atoms with Gasteiger partial charge in [0.25, 0.3) is 5.69 Å². The van der Waals surface area contributed by atoms with Crippen molar-refractivity contribution in [2.24, 2.45) is 0 Å². The molecule has 1 amide bonds. The molecule has 0 aliphatic rings. The number of benzene rings is 2. The van der Waals surface area contributed by atoms with Crippen molar-refractivity contribution in [3.05, 3.63) is 69.2 Å². The summed E-state index contributed by atoms with van der Waals surface area (Å²) < 4.78 is 0. The van der Waals surface area contributed by atoms with Crippen molar-refractivity contribution in [1.82, 2.24) is 5.32 Å². The Balaban J connectivity index is 1.97. The van der Waals surface area contributed by atoms with Crippen LogP contribution in [-0.4, -0.2) is 21.0 Å². The molecule has 25 heavy (non-hydrogen) atoms. The number of amides is 1. The van der Waals surface area contributed by atoms with Gasteiger partial charge >= 0.3 is 0 Å². The van der Waals surface area contributed by atoms with E-state index in [-0.39, 0.29) is 22.2 Å². The Kier molecular flexibility index (Phi) is 6.04. The van der Waals surface area contributed by atoms with E-state index < -0.39 is 10.8 Å². The van der Waals surface area contributed by atoms with Crippen LogP contribution >= 0.6 is 23.8 Å². The minimum atomic E-state index is -0.610. The molecule has 0 unspecified atom stereocenters. The van der Waals surface area contributed by atoms with E-state index in [0.29, 0.717) is 5.02 Å². The van der Waals surface area contributed by atoms with Crippen molar-refractivity contribution in [3.63, 3.8) is 0 Å². The zero-order valence-corrected chi connectivity index (χ0v) is 14.2. The van der Waals surface area contributed by atoms with E-state index in [2.05, 4.69) is 10.6 Å². The van der Waals surface area contributed by atoms with E-state index in [1.54, 1.807) is 30.3 Å². The summed E-state index contributed by atoms with van der Waals surface area (Å²) in [6.07, 6.45) is 2.84. The monoisotopic (exact) mass is 377 g/mol. The summed E-state index contributed by atoms with van der Waals surface area (Å²) in [5.41, 5.74) is 0.563. The van der Waals surface area contributed by atoms with Gasteiger partial charge in [-0.15, -0.1) is 0 Å². The second-order valence-corrected chi connectivity index (χ2v) is 5.63. The molecule has 3 N–H and O–H groups in total. The highest BCUT2D eigenvalue weighted by atomic mass is 35.5. The molecule has 2 rings (SSSR count). The molecular weight excluding hydrogens is 366 g/mol. The second kappa shape index (κ2) is 8.22. The summed E-state index contributed by atoms with van der Waals surface area (Å²) in [4.78, 5) is 22.0. The fraction of sp³-hybridized carbons (Fsp3) is 0. The molecule has 7 nitrogen and oxygen atoms in total. The van der Waals surface area contributed by atoms with Crippen molar-refractivity contribution in [3.8, 4) is 5.75 Å². The van der Waals surface area contributed by atoms with Crippen molar-refractivity contribution in [1.29, 1.82) is 0 Å². The number of anilines is 1. The molecule has 0 spiro atoms. The Morgan fingerprint density at radius 3 is 2.56 bits per heavy atom. The van der Waals surface area contributed by atoms with Gasteiger partial charge in [0.05, 0.1) is 10.6 Å². The molecule has 0 aromatic heterocycles. The zero-order chi connectivity index (χ0) is 18.4. The number of hydrogen-bond acceptors (Lipinski definition) is 5. The minimum Gasteiger partial charge on any atom is -0.506 e. The number of phenolic OH excluding ortho intramolecular Hbond substituents is 1. The Bertz CT molecular complexity index is 853. The van der Waals surface area contributed by atoms with E-state index in [0.717, 1.165) is 23.8 Å². The first-order valence-corrected chi connectivity index (χ1v) is 7.67. The maximum atomic E-state index is 11.8. The largest absolute Gasteiger partial charge is 0.506 e. The van der Waals surface area contributed by atoms with E-state index in [4.69, 9.17) is 23.8 Å². The molecule has 0 heterocycles. The SMILES string of the molecule is O=C(C=Cc1ccc(Cl)cc1)NC(=S)Nc1cc([N+](=O)[O-])ccc1O. The number of thiocarbonyl (C=S) groups is 1. The molecule has 0 fully saturated rings. The maximum absolute atomic E-state index is 11.8. The molecule has 0 radical (unpaired) electrons. The molecule has 0 aliphatic heterocycles. The lowest BCUT2D eigenvalue weighted by molar-refractivity contribution is -0.384. The Morgan fingerprint density at radius 1 is 1.24 bits per heavy atom. The number of hydrogen-bond donors (Lipinski definition) is 3.